The number of nitriles is 1. The van der Waals surface area contributed by atoms with Crippen LogP contribution in [0.15, 0.2) is 76.2 Å². The molecule has 0 radical (unpaired) electrons. The Kier molecular flexibility index (Phi) is 5.19. The molecule has 3 aromatic rings. The summed E-state index contributed by atoms with van der Waals surface area (Å²) in [4.78, 5) is 0. The van der Waals surface area contributed by atoms with Gasteiger partial charge in [0.15, 0.2) is 5.11 Å². The van der Waals surface area contributed by atoms with E-state index in [9.17, 15) is 0 Å². The average Bonchev–Trinajstić information content (AvgIpc) is 3.11. The zero-order valence-corrected chi connectivity index (χ0v) is 14.0. The SMILES string of the molecule is N#Cc1ccc(-c2ccc(/C=N/NC(=S)Nc3ccccc3)o2)cc1. The number of para-hydroxylation sites is 1. The molecule has 0 aliphatic rings. The van der Waals surface area contributed by atoms with Crippen molar-refractivity contribution in [1.82, 2.24) is 5.43 Å². The van der Waals surface area contributed by atoms with Crippen molar-refractivity contribution in [3.8, 4) is 17.4 Å². The molecule has 0 saturated heterocycles. The van der Waals surface area contributed by atoms with Crippen LogP contribution < -0.4 is 10.7 Å². The molecule has 5 nitrogen and oxygen atoms in total. The van der Waals surface area contributed by atoms with Crippen LogP contribution in [0.1, 0.15) is 11.3 Å². The Balaban J connectivity index is 1.58. The highest BCUT2D eigenvalue weighted by molar-refractivity contribution is 7.80. The Morgan fingerprint density at radius 3 is 2.52 bits per heavy atom. The van der Waals surface area contributed by atoms with Gasteiger partial charge in [0.1, 0.15) is 11.5 Å². The van der Waals surface area contributed by atoms with Crippen LogP contribution in [0, 0.1) is 11.3 Å². The highest BCUT2D eigenvalue weighted by Crippen LogP contribution is 2.21. The summed E-state index contributed by atoms with van der Waals surface area (Å²) < 4.78 is 5.71. The molecular formula is C19H14N4OS. The number of furan rings is 1. The molecule has 0 atom stereocenters. The van der Waals surface area contributed by atoms with Crippen LogP contribution in [-0.4, -0.2) is 11.3 Å². The Morgan fingerprint density at radius 1 is 1.04 bits per heavy atom. The fourth-order valence-corrected chi connectivity index (χ4v) is 2.29. The second-order valence-electron chi connectivity index (χ2n) is 5.08. The van der Waals surface area contributed by atoms with E-state index in [1.165, 1.54) is 0 Å². The highest BCUT2D eigenvalue weighted by atomic mass is 32.1. The van der Waals surface area contributed by atoms with Crippen LogP contribution in [0.5, 0.6) is 0 Å². The first-order chi connectivity index (χ1) is 12.2. The fourth-order valence-electron chi connectivity index (χ4n) is 2.12. The van der Waals surface area contributed by atoms with Crippen molar-refractivity contribution in [2.24, 2.45) is 5.10 Å². The largest absolute Gasteiger partial charge is 0.455 e. The monoisotopic (exact) mass is 346 g/mol. The smallest absolute Gasteiger partial charge is 0.191 e. The van der Waals surface area contributed by atoms with Gasteiger partial charge in [-0.25, -0.2) is 0 Å². The first kappa shape index (κ1) is 16.4. The summed E-state index contributed by atoms with van der Waals surface area (Å²) in [7, 11) is 0. The van der Waals surface area contributed by atoms with Gasteiger partial charge in [-0.1, -0.05) is 18.2 Å². The van der Waals surface area contributed by atoms with Crippen molar-refractivity contribution in [2.75, 3.05) is 5.32 Å². The molecule has 25 heavy (non-hydrogen) atoms. The molecular weight excluding hydrogens is 332 g/mol. The predicted molar refractivity (Wildman–Crippen MR) is 102 cm³/mol. The van der Waals surface area contributed by atoms with Crippen molar-refractivity contribution in [3.05, 3.63) is 78.1 Å². The standard InChI is InChI=1S/C19H14N4OS/c20-12-14-6-8-15(9-7-14)18-11-10-17(24-18)13-21-23-19(25)22-16-4-2-1-3-5-16/h1-11,13H,(H2,22,23,25)/b21-13+. The first-order valence-corrected chi connectivity index (χ1v) is 7.91. The maximum Gasteiger partial charge on any atom is 0.191 e. The lowest BCUT2D eigenvalue weighted by atomic mass is 10.1. The minimum Gasteiger partial charge on any atom is -0.455 e. The molecule has 1 aromatic heterocycles. The minimum absolute atomic E-state index is 0.390. The molecule has 0 amide bonds. The van der Waals surface area contributed by atoms with E-state index in [2.05, 4.69) is 21.9 Å². The summed E-state index contributed by atoms with van der Waals surface area (Å²) in [6, 6.07) is 22.5. The number of hydrazone groups is 1. The molecule has 6 heteroatoms. The van der Waals surface area contributed by atoms with Gasteiger partial charge in [-0.2, -0.15) is 10.4 Å². The van der Waals surface area contributed by atoms with E-state index < -0.39 is 0 Å². The van der Waals surface area contributed by atoms with Crippen molar-refractivity contribution in [2.45, 2.75) is 0 Å². The lowest BCUT2D eigenvalue weighted by Crippen LogP contribution is -2.23. The molecule has 2 aromatic carbocycles. The summed E-state index contributed by atoms with van der Waals surface area (Å²) in [6.45, 7) is 0. The van der Waals surface area contributed by atoms with Gasteiger partial charge in [0, 0.05) is 11.3 Å². The maximum atomic E-state index is 8.82. The maximum absolute atomic E-state index is 8.82. The quantitative estimate of drug-likeness (QED) is 0.422. The van der Waals surface area contributed by atoms with Gasteiger partial charge in [-0.15, -0.1) is 0 Å². The second kappa shape index (κ2) is 7.90. The third-order valence-electron chi connectivity index (χ3n) is 3.31. The first-order valence-electron chi connectivity index (χ1n) is 7.50. The number of rotatable bonds is 4. The van der Waals surface area contributed by atoms with Gasteiger partial charge in [-0.3, -0.25) is 5.43 Å². The number of nitrogens with zero attached hydrogens (tertiary/aromatic N) is 2. The molecule has 0 bridgehead atoms. The normalized spacial score (nSPS) is 10.4. The molecule has 0 unspecified atom stereocenters. The Bertz CT molecular complexity index is 924. The topological polar surface area (TPSA) is 73.3 Å². The van der Waals surface area contributed by atoms with Crippen LogP contribution in [0.25, 0.3) is 11.3 Å². The third-order valence-corrected chi connectivity index (χ3v) is 3.51. The van der Waals surface area contributed by atoms with E-state index in [0.29, 0.717) is 22.2 Å². The third kappa shape index (κ3) is 4.53. The lowest BCUT2D eigenvalue weighted by molar-refractivity contribution is 0.574. The van der Waals surface area contributed by atoms with Crippen LogP contribution in [-0.2, 0) is 0 Å². The van der Waals surface area contributed by atoms with Crippen LogP contribution in [0.4, 0.5) is 5.69 Å². The highest BCUT2D eigenvalue weighted by Gasteiger charge is 2.03. The van der Waals surface area contributed by atoms with E-state index in [-0.39, 0.29) is 0 Å². The van der Waals surface area contributed by atoms with E-state index >= 15 is 0 Å². The Hall–Kier alpha value is -3.43. The van der Waals surface area contributed by atoms with Crippen molar-refractivity contribution in [3.63, 3.8) is 0 Å². The molecule has 3 rings (SSSR count). The number of hydrogen-bond donors (Lipinski definition) is 2. The molecule has 0 fully saturated rings. The minimum atomic E-state index is 0.390. The lowest BCUT2D eigenvalue weighted by Gasteiger charge is -2.05. The van der Waals surface area contributed by atoms with Crippen LogP contribution in [0.2, 0.25) is 0 Å². The van der Waals surface area contributed by atoms with Gasteiger partial charge >= 0.3 is 0 Å². The molecule has 0 spiro atoms. The summed E-state index contributed by atoms with van der Waals surface area (Å²) >= 11 is 5.16. The molecule has 1 heterocycles. The molecule has 0 saturated carbocycles. The average molecular weight is 346 g/mol. The number of thiocarbonyl (C=S) groups is 1. The van der Waals surface area contributed by atoms with E-state index in [1.54, 1.807) is 18.3 Å². The fraction of sp³-hybridized carbons (Fsp3) is 0. The Morgan fingerprint density at radius 2 is 1.80 bits per heavy atom. The zero-order valence-electron chi connectivity index (χ0n) is 13.1. The summed E-state index contributed by atoms with van der Waals surface area (Å²) in [5.41, 5.74) is 5.13. The Labute approximate surface area is 150 Å². The van der Waals surface area contributed by atoms with Gasteiger partial charge in [-0.05, 0) is 60.7 Å². The summed E-state index contributed by atoms with van der Waals surface area (Å²) in [5, 5.41) is 16.3. The number of anilines is 1. The van der Waals surface area contributed by atoms with E-state index in [0.717, 1.165) is 11.3 Å². The van der Waals surface area contributed by atoms with Crippen LogP contribution >= 0.6 is 12.2 Å². The molecule has 0 aliphatic carbocycles. The van der Waals surface area contributed by atoms with E-state index in [4.69, 9.17) is 21.9 Å². The number of nitrogens with one attached hydrogen (secondary N) is 2. The second-order valence-corrected chi connectivity index (χ2v) is 5.49. The predicted octanol–water partition coefficient (Wildman–Crippen LogP) is 4.14. The molecule has 122 valence electrons. The van der Waals surface area contributed by atoms with Gasteiger partial charge in [0.05, 0.1) is 17.8 Å². The summed E-state index contributed by atoms with van der Waals surface area (Å²) in [6.07, 6.45) is 1.55. The molecule has 2 N–H and O–H groups in total. The summed E-state index contributed by atoms with van der Waals surface area (Å²) in [5.74, 6) is 1.30. The van der Waals surface area contributed by atoms with Crippen molar-refractivity contribution in [1.29, 1.82) is 5.26 Å². The van der Waals surface area contributed by atoms with Gasteiger partial charge in [0.2, 0.25) is 0 Å². The van der Waals surface area contributed by atoms with Gasteiger partial charge < -0.3 is 9.73 Å². The zero-order chi connectivity index (χ0) is 17.5. The molecule has 0 aliphatic heterocycles. The van der Waals surface area contributed by atoms with Crippen LogP contribution in [0.3, 0.4) is 0 Å². The number of hydrogen-bond acceptors (Lipinski definition) is 4. The number of benzene rings is 2. The van der Waals surface area contributed by atoms with E-state index in [1.807, 2.05) is 54.6 Å². The van der Waals surface area contributed by atoms with Gasteiger partial charge in [0.25, 0.3) is 0 Å². The van der Waals surface area contributed by atoms with Crippen molar-refractivity contribution < 1.29 is 4.42 Å². The van der Waals surface area contributed by atoms with Crippen molar-refractivity contribution >= 4 is 29.2 Å².